The third-order valence-electron chi connectivity index (χ3n) is 2.80. The molecule has 0 atom stereocenters. The highest BCUT2D eigenvalue weighted by molar-refractivity contribution is 6.28. The molecule has 0 radical (unpaired) electrons. The maximum atomic E-state index is 5.91. The van der Waals surface area contributed by atoms with Crippen molar-refractivity contribution in [3.63, 3.8) is 0 Å². The van der Waals surface area contributed by atoms with Crippen molar-refractivity contribution in [2.24, 2.45) is 0 Å². The maximum Gasteiger partial charge on any atom is 0.226 e. The Labute approximate surface area is 117 Å². The number of hydrogen-bond acceptors (Lipinski definition) is 5. The molecule has 2 heterocycles. The fraction of sp³-hybridized carbons (Fsp3) is 0.583. The molecule has 1 N–H and O–H groups in total. The van der Waals surface area contributed by atoms with Gasteiger partial charge in [-0.3, -0.25) is 0 Å². The van der Waals surface area contributed by atoms with Crippen LogP contribution in [0.5, 0.6) is 0 Å². The van der Waals surface area contributed by atoms with Gasteiger partial charge in [0.25, 0.3) is 0 Å². The molecule has 6 nitrogen and oxygen atoms in total. The van der Waals surface area contributed by atoms with Gasteiger partial charge in [0.2, 0.25) is 5.28 Å². The highest BCUT2D eigenvalue weighted by atomic mass is 35.5. The van der Waals surface area contributed by atoms with Crippen LogP contribution in [0.4, 0.5) is 5.82 Å². The predicted molar refractivity (Wildman–Crippen MR) is 75.6 cm³/mol. The smallest absolute Gasteiger partial charge is 0.226 e. The van der Waals surface area contributed by atoms with Gasteiger partial charge >= 0.3 is 0 Å². The van der Waals surface area contributed by atoms with Crippen LogP contribution in [-0.4, -0.2) is 39.8 Å². The molecule has 2 aromatic heterocycles. The number of hydrogen-bond donors (Lipinski definition) is 1. The third-order valence-corrected chi connectivity index (χ3v) is 2.97. The minimum Gasteiger partial charge on any atom is -0.383 e. The summed E-state index contributed by atoms with van der Waals surface area (Å²) in [6, 6.07) is 0. The Balaban J connectivity index is 2.32. The Hall–Kier alpha value is -1.40. The average Bonchev–Trinajstić information content (AvgIpc) is 2.79. The summed E-state index contributed by atoms with van der Waals surface area (Å²) < 4.78 is 7.07. The van der Waals surface area contributed by atoms with Crippen LogP contribution in [0.1, 0.15) is 19.8 Å². The maximum absolute atomic E-state index is 5.91. The lowest BCUT2D eigenvalue weighted by molar-refractivity contribution is 0.188. The topological polar surface area (TPSA) is 64.9 Å². The second kappa shape index (κ2) is 6.68. The molecule has 2 rings (SSSR count). The molecule has 0 saturated heterocycles. The van der Waals surface area contributed by atoms with Crippen LogP contribution in [0.2, 0.25) is 5.28 Å². The molecule has 104 valence electrons. The van der Waals surface area contributed by atoms with Gasteiger partial charge in [0.15, 0.2) is 11.5 Å². The van der Waals surface area contributed by atoms with Gasteiger partial charge in [-0.15, -0.1) is 0 Å². The standard InChI is InChI=1S/C12H18ClN5O/c1-3-4-5-14-10-9-11(17-12(13)16-10)15-8-18(9)6-7-19-2/h8H,3-7H2,1-2H3,(H,14,16,17). The molecule has 0 unspecified atom stereocenters. The molecule has 0 aliphatic heterocycles. The normalized spacial score (nSPS) is 11.1. The summed E-state index contributed by atoms with van der Waals surface area (Å²) in [7, 11) is 1.67. The number of halogens is 1. The number of aromatic nitrogens is 4. The summed E-state index contributed by atoms with van der Waals surface area (Å²) >= 11 is 5.91. The average molecular weight is 284 g/mol. The fourth-order valence-electron chi connectivity index (χ4n) is 1.82. The molecule has 0 bridgehead atoms. The van der Waals surface area contributed by atoms with Gasteiger partial charge in [0, 0.05) is 20.2 Å². The van der Waals surface area contributed by atoms with E-state index in [1.165, 1.54) is 0 Å². The van der Waals surface area contributed by atoms with E-state index in [1.807, 2.05) is 4.57 Å². The van der Waals surface area contributed by atoms with E-state index in [4.69, 9.17) is 16.3 Å². The zero-order valence-corrected chi connectivity index (χ0v) is 11.9. The van der Waals surface area contributed by atoms with Crippen molar-refractivity contribution in [3.05, 3.63) is 11.6 Å². The number of ether oxygens (including phenoxy) is 1. The van der Waals surface area contributed by atoms with Crippen molar-refractivity contribution in [1.29, 1.82) is 0 Å². The first-order valence-electron chi connectivity index (χ1n) is 6.37. The second-order valence-electron chi connectivity index (χ2n) is 4.22. The molecular formula is C12H18ClN5O. The lowest BCUT2D eigenvalue weighted by atomic mass is 10.3. The van der Waals surface area contributed by atoms with Gasteiger partial charge < -0.3 is 14.6 Å². The van der Waals surface area contributed by atoms with Crippen molar-refractivity contribution >= 4 is 28.6 Å². The van der Waals surface area contributed by atoms with Gasteiger partial charge in [-0.1, -0.05) is 13.3 Å². The van der Waals surface area contributed by atoms with Crippen molar-refractivity contribution in [2.45, 2.75) is 26.3 Å². The van der Waals surface area contributed by atoms with Gasteiger partial charge in [0.05, 0.1) is 12.9 Å². The number of nitrogens with one attached hydrogen (secondary N) is 1. The highest BCUT2D eigenvalue weighted by Crippen LogP contribution is 2.21. The largest absolute Gasteiger partial charge is 0.383 e. The number of rotatable bonds is 7. The Morgan fingerprint density at radius 2 is 2.26 bits per heavy atom. The molecule has 2 aromatic rings. The van der Waals surface area contributed by atoms with Gasteiger partial charge in [-0.2, -0.15) is 9.97 Å². The summed E-state index contributed by atoms with van der Waals surface area (Å²) in [5.41, 5.74) is 1.48. The predicted octanol–water partition coefficient (Wildman–Crippen LogP) is 2.34. The number of imidazole rings is 1. The summed E-state index contributed by atoms with van der Waals surface area (Å²) in [5.74, 6) is 0.733. The fourth-order valence-corrected chi connectivity index (χ4v) is 1.98. The molecule has 0 aromatic carbocycles. The molecule has 0 fully saturated rings. The van der Waals surface area contributed by atoms with Crippen LogP contribution >= 0.6 is 11.6 Å². The van der Waals surface area contributed by atoms with Crippen molar-refractivity contribution in [2.75, 3.05) is 25.6 Å². The minimum atomic E-state index is 0.212. The number of methoxy groups -OCH3 is 1. The SMILES string of the molecule is CCCCNc1nc(Cl)nc2ncn(CCOC)c12. The zero-order valence-electron chi connectivity index (χ0n) is 11.2. The quantitative estimate of drug-likeness (QED) is 0.624. The molecule has 0 spiro atoms. The Morgan fingerprint density at radius 3 is 3.00 bits per heavy atom. The van der Waals surface area contributed by atoms with Crippen molar-refractivity contribution in [1.82, 2.24) is 19.5 Å². The minimum absolute atomic E-state index is 0.212. The molecule has 7 heteroatoms. The Morgan fingerprint density at radius 1 is 1.42 bits per heavy atom. The summed E-state index contributed by atoms with van der Waals surface area (Å²) in [4.78, 5) is 12.6. The molecule has 0 saturated carbocycles. The Kier molecular flexibility index (Phi) is 4.93. The molecule has 0 aliphatic rings. The van der Waals surface area contributed by atoms with Gasteiger partial charge in [0.1, 0.15) is 5.52 Å². The van der Waals surface area contributed by atoms with Gasteiger partial charge in [-0.05, 0) is 18.0 Å². The molecule has 19 heavy (non-hydrogen) atoms. The van der Waals surface area contributed by atoms with Crippen LogP contribution in [0.3, 0.4) is 0 Å². The summed E-state index contributed by atoms with van der Waals surface area (Å²) in [5, 5.41) is 3.51. The first kappa shape index (κ1) is 14.0. The monoisotopic (exact) mass is 283 g/mol. The number of fused-ring (bicyclic) bond motifs is 1. The zero-order chi connectivity index (χ0) is 13.7. The van der Waals surface area contributed by atoms with E-state index in [2.05, 4.69) is 27.2 Å². The van der Waals surface area contributed by atoms with Crippen LogP contribution in [0.15, 0.2) is 6.33 Å². The van der Waals surface area contributed by atoms with E-state index in [1.54, 1.807) is 13.4 Å². The van der Waals surface area contributed by atoms with Gasteiger partial charge in [-0.25, -0.2) is 4.98 Å². The van der Waals surface area contributed by atoms with Crippen LogP contribution < -0.4 is 5.32 Å². The van der Waals surface area contributed by atoms with E-state index in [0.29, 0.717) is 18.8 Å². The third kappa shape index (κ3) is 3.33. The number of unbranched alkanes of at least 4 members (excludes halogenated alkanes) is 1. The van der Waals surface area contributed by atoms with Crippen LogP contribution in [-0.2, 0) is 11.3 Å². The van der Waals surface area contributed by atoms with Crippen molar-refractivity contribution < 1.29 is 4.74 Å². The first-order valence-corrected chi connectivity index (χ1v) is 6.75. The molecular weight excluding hydrogens is 266 g/mol. The van der Waals surface area contributed by atoms with E-state index in [0.717, 1.165) is 30.7 Å². The van der Waals surface area contributed by atoms with Crippen LogP contribution in [0.25, 0.3) is 11.2 Å². The number of nitrogens with zero attached hydrogens (tertiary/aromatic N) is 4. The lowest BCUT2D eigenvalue weighted by Crippen LogP contribution is -2.08. The highest BCUT2D eigenvalue weighted by Gasteiger charge is 2.12. The lowest BCUT2D eigenvalue weighted by Gasteiger charge is -2.09. The second-order valence-corrected chi connectivity index (χ2v) is 4.56. The summed E-state index contributed by atoms with van der Waals surface area (Å²) in [6.07, 6.45) is 3.94. The van der Waals surface area contributed by atoms with Crippen LogP contribution in [0, 0.1) is 0 Å². The number of anilines is 1. The van der Waals surface area contributed by atoms with E-state index in [9.17, 15) is 0 Å². The van der Waals surface area contributed by atoms with E-state index in [-0.39, 0.29) is 5.28 Å². The molecule has 0 amide bonds. The first-order chi connectivity index (χ1) is 9.26. The Bertz CT molecular complexity index is 542. The van der Waals surface area contributed by atoms with E-state index < -0.39 is 0 Å². The van der Waals surface area contributed by atoms with Crippen molar-refractivity contribution in [3.8, 4) is 0 Å². The molecule has 0 aliphatic carbocycles. The summed E-state index contributed by atoms with van der Waals surface area (Å²) in [6.45, 7) is 4.32. The van der Waals surface area contributed by atoms with E-state index >= 15 is 0 Å².